The fraction of sp³-hybridized carbons (Fsp3) is 0.857. The zero-order valence-electron chi connectivity index (χ0n) is 7.72. The van der Waals surface area contributed by atoms with E-state index < -0.39 is 10.8 Å². The van der Waals surface area contributed by atoms with E-state index in [1.165, 1.54) is 0 Å². The molecule has 2 atom stereocenters. The maximum absolute atomic E-state index is 10.8. The smallest absolute Gasteiger partial charge is 0.233 e. The second-order valence-electron chi connectivity index (χ2n) is 2.69. The lowest BCUT2D eigenvalue weighted by atomic mass is 10.4. The van der Waals surface area contributed by atoms with E-state index in [-0.39, 0.29) is 18.5 Å². The zero-order valence-corrected chi connectivity index (χ0v) is 8.53. The van der Waals surface area contributed by atoms with Crippen molar-refractivity contribution in [2.75, 3.05) is 25.6 Å². The minimum atomic E-state index is -0.807. The van der Waals surface area contributed by atoms with Gasteiger partial charge in [0.2, 0.25) is 5.91 Å². The normalized spacial score (nSPS) is 15.2. The molecule has 0 spiro atoms. The standard InChI is InChI=1S/C7H16N2O2S/c1-6(5-12(3)11)9-4-7(10)8-2/h6,9H,4-5H2,1-3H3,(H,8,10). The highest BCUT2D eigenvalue weighted by Gasteiger charge is 2.04. The van der Waals surface area contributed by atoms with Gasteiger partial charge in [-0.15, -0.1) is 0 Å². The van der Waals surface area contributed by atoms with Gasteiger partial charge in [0.15, 0.2) is 0 Å². The van der Waals surface area contributed by atoms with Crippen LogP contribution in [0.15, 0.2) is 0 Å². The van der Waals surface area contributed by atoms with Crippen molar-refractivity contribution in [1.29, 1.82) is 0 Å². The average molecular weight is 192 g/mol. The van der Waals surface area contributed by atoms with Crippen molar-refractivity contribution < 1.29 is 9.00 Å². The van der Waals surface area contributed by atoms with Crippen LogP contribution in [0, 0.1) is 0 Å². The number of carbonyl (C=O) groups is 1. The number of nitrogens with one attached hydrogen (secondary N) is 2. The summed E-state index contributed by atoms with van der Waals surface area (Å²) in [6.07, 6.45) is 1.65. The van der Waals surface area contributed by atoms with E-state index >= 15 is 0 Å². The van der Waals surface area contributed by atoms with Crippen molar-refractivity contribution in [3.63, 3.8) is 0 Å². The molecule has 12 heavy (non-hydrogen) atoms. The van der Waals surface area contributed by atoms with Crippen LogP contribution in [0.4, 0.5) is 0 Å². The molecular weight excluding hydrogens is 176 g/mol. The zero-order chi connectivity index (χ0) is 9.56. The lowest BCUT2D eigenvalue weighted by Crippen LogP contribution is -2.38. The number of carbonyl (C=O) groups excluding carboxylic acids is 1. The van der Waals surface area contributed by atoms with Crippen LogP contribution in [0.5, 0.6) is 0 Å². The number of likely N-dealkylation sites (N-methyl/N-ethyl adjacent to an activating group) is 1. The Labute approximate surface area is 75.6 Å². The molecule has 0 aliphatic carbocycles. The first-order chi connectivity index (χ1) is 5.56. The molecule has 0 aliphatic rings. The third-order valence-corrected chi connectivity index (χ3v) is 2.34. The van der Waals surface area contributed by atoms with E-state index in [2.05, 4.69) is 10.6 Å². The summed E-state index contributed by atoms with van der Waals surface area (Å²) in [5, 5.41) is 5.46. The highest BCUT2D eigenvalue weighted by Crippen LogP contribution is 1.84. The van der Waals surface area contributed by atoms with Gasteiger partial charge in [0.25, 0.3) is 0 Å². The SMILES string of the molecule is CNC(=O)CNC(C)CS(C)=O. The Morgan fingerprint density at radius 3 is 2.58 bits per heavy atom. The Balaban J connectivity index is 3.50. The summed E-state index contributed by atoms with van der Waals surface area (Å²) in [6.45, 7) is 2.19. The Hall–Kier alpha value is -0.420. The first-order valence-corrected chi connectivity index (χ1v) is 5.53. The predicted octanol–water partition coefficient (Wildman–Crippen LogP) is -0.911. The van der Waals surface area contributed by atoms with Crippen LogP contribution in [-0.2, 0) is 15.6 Å². The molecule has 5 heteroatoms. The second-order valence-corrected chi connectivity index (χ2v) is 4.17. The van der Waals surface area contributed by atoms with E-state index in [1.807, 2.05) is 6.92 Å². The molecule has 0 aromatic heterocycles. The minimum absolute atomic E-state index is 0.0521. The molecule has 2 N–H and O–H groups in total. The van der Waals surface area contributed by atoms with Crippen LogP contribution in [-0.4, -0.2) is 41.8 Å². The van der Waals surface area contributed by atoms with Crippen molar-refractivity contribution in [3.05, 3.63) is 0 Å². The molecule has 4 nitrogen and oxygen atoms in total. The molecule has 0 saturated carbocycles. The maximum Gasteiger partial charge on any atom is 0.233 e. The van der Waals surface area contributed by atoms with E-state index in [0.29, 0.717) is 5.75 Å². The van der Waals surface area contributed by atoms with Gasteiger partial charge >= 0.3 is 0 Å². The van der Waals surface area contributed by atoms with Crippen molar-refractivity contribution in [2.45, 2.75) is 13.0 Å². The summed E-state index contributed by atoms with van der Waals surface area (Å²) in [6, 6.07) is 0.119. The fourth-order valence-corrected chi connectivity index (χ4v) is 1.59. The van der Waals surface area contributed by atoms with Gasteiger partial charge in [-0.1, -0.05) is 0 Å². The molecule has 0 aromatic rings. The van der Waals surface area contributed by atoms with Gasteiger partial charge in [0.05, 0.1) is 6.54 Å². The molecule has 0 radical (unpaired) electrons. The van der Waals surface area contributed by atoms with Gasteiger partial charge in [0, 0.05) is 35.9 Å². The van der Waals surface area contributed by atoms with Gasteiger partial charge in [-0.3, -0.25) is 9.00 Å². The fourth-order valence-electron chi connectivity index (χ4n) is 0.766. The van der Waals surface area contributed by atoms with Crippen molar-refractivity contribution in [2.24, 2.45) is 0 Å². The Morgan fingerprint density at radius 2 is 2.17 bits per heavy atom. The van der Waals surface area contributed by atoms with Crippen molar-refractivity contribution in [3.8, 4) is 0 Å². The quantitative estimate of drug-likeness (QED) is 0.593. The average Bonchev–Trinajstić information content (AvgIpc) is 1.99. The van der Waals surface area contributed by atoms with E-state index in [1.54, 1.807) is 13.3 Å². The van der Waals surface area contributed by atoms with Crippen LogP contribution in [0.25, 0.3) is 0 Å². The van der Waals surface area contributed by atoms with Gasteiger partial charge in [-0.25, -0.2) is 0 Å². The summed E-state index contributed by atoms with van der Waals surface area (Å²) in [7, 11) is 0.783. The Bertz CT molecular complexity index is 173. The second kappa shape index (κ2) is 6.14. The maximum atomic E-state index is 10.8. The first kappa shape index (κ1) is 11.6. The topological polar surface area (TPSA) is 58.2 Å². The third kappa shape index (κ3) is 6.30. The summed E-state index contributed by atoms with van der Waals surface area (Å²) < 4.78 is 10.7. The minimum Gasteiger partial charge on any atom is -0.358 e. The van der Waals surface area contributed by atoms with Crippen LogP contribution < -0.4 is 10.6 Å². The monoisotopic (exact) mass is 192 g/mol. The van der Waals surface area contributed by atoms with Crippen molar-refractivity contribution in [1.82, 2.24) is 10.6 Å². The number of amides is 1. The molecule has 72 valence electrons. The van der Waals surface area contributed by atoms with E-state index in [9.17, 15) is 9.00 Å². The lowest BCUT2D eigenvalue weighted by Gasteiger charge is -2.10. The van der Waals surface area contributed by atoms with Crippen molar-refractivity contribution >= 4 is 16.7 Å². The molecule has 0 rings (SSSR count). The van der Waals surface area contributed by atoms with E-state index in [4.69, 9.17) is 0 Å². The number of hydrogen-bond donors (Lipinski definition) is 2. The van der Waals surface area contributed by atoms with Gasteiger partial charge in [-0.05, 0) is 6.92 Å². The molecule has 0 aliphatic heterocycles. The van der Waals surface area contributed by atoms with Crippen LogP contribution in [0.2, 0.25) is 0 Å². The first-order valence-electron chi connectivity index (χ1n) is 3.80. The Kier molecular flexibility index (Phi) is 5.92. The molecule has 0 saturated heterocycles. The molecule has 0 fully saturated rings. The third-order valence-electron chi connectivity index (χ3n) is 1.37. The number of rotatable bonds is 5. The summed E-state index contributed by atoms with van der Waals surface area (Å²) in [4.78, 5) is 10.8. The highest BCUT2D eigenvalue weighted by atomic mass is 32.2. The summed E-state index contributed by atoms with van der Waals surface area (Å²) in [5.41, 5.74) is 0. The highest BCUT2D eigenvalue weighted by molar-refractivity contribution is 7.84. The van der Waals surface area contributed by atoms with Crippen LogP contribution in [0.3, 0.4) is 0 Å². The molecule has 2 unspecified atom stereocenters. The lowest BCUT2D eigenvalue weighted by molar-refractivity contribution is -0.119. The van der Waals surface area contributed by atoms with Crippen LogP contribution >= 0.6 is 0 Å². The van der Waals surface area contributed by atoms with E-state index in [0.717, 1.165) is 0 Å². The van der Waals surface area contributed by atoms with Gasteiger partial charge < -0.3 is 10.6 Å². The van der Waals surface area contributed by atoms with Gasteiger partial charge in [-0.2, -0.15) is 0 Å². The predicted molar refractivity (Wildman–Crippen MR) is 50.5 cm³/mol. The summed E-state index contributed by atoms with van der Waals surface area (Å²) >= 11 is 0. The molecule has 1 amide bonds. The Morgan fingerprint density at radius 1 is 1.58 bits per heavy atom. The number of hydrogen-bond acceptors (Lipinski definition) is 3. The molecule has 0 heterocycles. The molecular formula is C7H16N2O2S. The molecule has 0 bridgehead atoms. The van der Waals surface area contributed by atoms with Gasteiger partial charge in [0.1, 0.15) is 0 Å². The summed E-state index contributed by atoms with van der Waals surface area (Å²) in [5.74, 6) is 0.528. The molecule has 0 aromatic carbocycles. The largest absolute Gasteiger partial charge is 0.358 e. The van der Waals surface area contributed by atoms with Crippen LogP contribution in [0.1, 0.15) is 6.92 Å².